The van der Waals surface area contributed by atoms with E-state index in [1.54, 1.807) is 13.0 Å². The Kier molecular flexibility index (Phi) is 3.25. The quantitative estimate of drug-likeness (QED) is 0.770. The Balaban J connectivity index is 3.25. The summed E-state index contributed by atoms with van der Waals surface area (Å²) >= 11 is 5.71. The molecule has 1 unspecified atom stereocenters. The fourth-order valence-corrected chi connectivity index (χ4v) is 1.56. The van der Waals surface area contributed by atoms with Gasteiger partial charge in [-0.2, -0.15) is 0 Å². The average molecular weight is 204 g/mol. The lowest BCUT2D eigenvalue weighted by atomic mass is 10.0. The van der Waals surface area contributed by atoms with E-state index in [0.29, 0.717) is 5.56 Å². The van der Waals surface area contributed by atoms with E-state index >= 15 is 0 Å². The van der Waals surface area contributed by atoms with Crippen molar-refractivity contribution < 1.29 is 9.50 Å². The van der Waals surface area contributed by atoms with Gasteiger partial charge in [-0.3, -0.25) is 0 Å². The van der Waals surface area contributed by atoms with Gasteiger partial charge in [0.1, 0.15) is 5.82 Å². The maximum Gasteiger partial charge on any atom is 0.142 e. The highest BCUT2D eigenvalue weighted by molar-refractivity contribution is 6.31. The zero-order chi connectivity index (χ0) is 10.0. The first-order chi connectivity index (χ1) is 6.07. The Hall–Kier alpha value is -0.640. The predicted molar refractivity (Wildman–Crippen MR) is 50.2 cm³/mol. The Morgan fingerprint density at radius 3 is 2.77 bits per heavy atom. The van der Waals surface area contributed by atoms with Gasteiger partial charge in [-0.05, 0) is 24.1 Å². The van der Waals surface area contributed by atoms with Gasteiger partial charge in [-0.1, -0.05) is 17.7 Å². The Morgan fingerprint density at radius 1 is 1.62 bits per heavy atom. The summed E-state index contributed by atoms with van der Waals surface area (Å²) in [5, 5.41) is 8.82. The smallest absolute Gasteiger partial charge is 0.142 e. The molecule has 3 N–H and O–H groups in total. The van der Waals surface area contributed by atoms with Crippen LogP contribution in [0.1, 0.15) is 17.2 Å². The zero-order valence-electron chi connectivity index (χ0n) is 7.22. The Labute approximate surface area is 81.1 Å². The zero-order valence-corrected chi connectivity index (χ0v) is 7.98. The van der Waals surface area contributed by atoms with Crippen molar-refractivity contribution in [2.75, 3.05) is 6.61 Å². The molecule has 0 aliphatic rings. The number of nitrogens with two attached hydrogens (primary N) is 1. The topological polar surface area (TPSA) is 46.2 Å². The van der Waals surface area contributed by atoms with Gasteiger partial charge in [-0.15, -0.1) is 0 Å². The van der Waals surface area contributed by atoms with Crippen LogP contribution in [0.2, 0.25) is 5.02 Å². The predicted octanol–water partition coefficient (Wildman–Crippen LogP) is 1.78. The molecule has 13 heavy (non-hydrogen) atoms. The summed E-state index contributed by atoms with van der Waals surface area (Å²) in [6, 6.07) is 2.25. The molecule has 72 valence electrons. The molecule has 0 aliphatic heterocycles. The lowest BCUT2D eigenvalue weighted by Gasteiger charge is -2.14. The summed E-state index contributed by atoms with van der Waals surface area (Å²) in [5.41, 5.74) is 6.82. The number of aryl methyl sites for hydroxylation is 1. The minimum absolute atomic E-state index is 0.00144. The summed E-state index contributed by atoms with van der Waals surface area (Å²) in [4.78, 5) is 0. The molecule has 0 saturated carbocycles. The van der Waals surface area contributed by atoms with Crippen LogP contribution >= 0.6 is 11.6 Å². The van der Waals surface area contributed by atoms with E-state index in [9.17, 15) is 4.39 Å². The highest BCUT2D eigenvalue weighted by Crippen LogP contribution is 2.27. The van der Waals surface area contributed by atoms with Crippen molar-refractivity contribution in [3.63, 3.8) is 0 Å². The Bertz CT molecular complexity index is 317. The van der Waals surface area contributed by atoms with E-state index in [4.69, 9.17) is 22.4 Å². The van der Waals surface area contributed by atoms with Crippen LogP contribution in [-0.2, 0) is 0 Å². The van der Waals surface area contributed by atoms with Crippen LogP contribution in [0.3, 0.4) is 0 Å². The van der Waals surface area contributed by atoms with Crippen molar-refractivity contribution in [3.8, 4) is 0 Å². The molecule has 0 heterocycles. The maximum absolute atomic E-state index is 13.0. The molecule has 0 spiro atoms. The molecule has 0 fully saturated rings. The molecule has 2 nitrogen and oxygen atoms in total. The van der Waals surface area contributed by atoms with Gasteiger partial charge in [-0.25, -0.2) is 4.39 Å². The molecule has 1 aromatic carbocycles. The SMILES string of the molecule is Cc1ccc(F)c(Cl)c1C(N)CO. The third kappa shape index (κ3) is 1.99. The number of hydrogen-bond donors (Lipinski definition) is 2. The molecule has 0 aliphatic carbocycles. The second kappa shape index (κ2) is 4.05. The fraction of sp³-hybridized carbons (Fsp3) is 0.333. The minimum atomic E-state index is -0.622. The summed E-state index contributed by atoms with van der Waals surface area (Å²) in [7, 11) is 0. The van der Waals surface area contributed by atoms with Gasteiger partial charge in [0.15, 0.2) is 0 Å². The molecule has 1 aromatic rings. The first kappa shape index (κ1) is 10.4. The Morgan fingerprint density at radius 2 is 2.23 bits per heavy atom. The van der Waals surface area contributed by atoms with Gasteiger partial charge in [0, 0.05) is 0 Å². The molecule has 4 heteroatoms. The second-order valence-electron chi connectivity index (χ2n) is 2.88. The molecule has 0 amide bonds. The summed E-state index contributed by atoms with van der Waals surface area (Å²) in [5.74, 6) is -0.508. The lowest BCUT2D eigenvalue weighted by Crippen LogP contribution is -2.16. The number of aliphatic hydroxyl groups excluding tert-OH is 1. The minimum Gasteiger partial charge on any atom is -0.394 e. The average Bonchev–Trinajstić information content (AvgIpc) is 2.12. The van der Waals surface area contributed by atoms with Gasteiger partial charge >= 0.3 is 0 Å². The van der Waals surface area contributed by atoms with Crippen LogP contribution in [0, 0.1) is 12.7 Å². The molecule has 0 aromatic heterocycles. The van der Waals surface area contributed by atoms with E-state index in [0.717, 1.165) is 5.56 Å². The number of benzene rings is 1. The lowest BCUT2D eigenvalue weighted by molar-refractivity contribution is 0.267. The van der Waals surface area contributed by atoms with E-state index < -0.39 is 11.9 Å². The standard InChI is InChI=1S/C9H11ClFNO/c1-5-2-3-6(11)9(10)8(5)7(12)4-13/h2-3,7,13H,4,12H2,1H3. The molecule has 1 atom stereocenters. The molecule has 0 saturated heterocycles. The van der Waals surface area contributed by atoms with Crippen molar-refractivity contribution in [3.05, 3.63) is 34.1 Å². The molecule has 1 rings (SSSR count). The highest BCUT2D eigenvalue weighted by atomic mass is 35.5. The summed E-state index contributed by atoms with van der Waals surface area (Å²) in [6.07, 6.45) is 0. The first-order valence-corrected chi connectivity index (χ1v) is 4.26. The maximum atomic E-state index is 13.0. The third-order valence-electron chi connectivity index (χ3n) is 1.92. The van der Waals surface area contributed by atoms with Gasteiger partial charge in [0.2, 0.25) is 0 Å². The molecular formula is C9H11ClFNO. The van der Waals surface area contributed by atoms with E-state index in [-0.39, 0.29) is 11.6 Å². The van der Waals surface area contributed by atoms with E-state index in [1.807, 2.05) is 0 Å². The number of halogens is 2. The van der Waals surface area contributed by atoms with Crippen LogP contribution in [0.4, 0.5) is 4.39 Å². The first-order valence-electron chi connectivity index (χ1n) is 3.89. The van der Waals surface area contributed by atoms with Crippen molar-refractivity contribution in [2.24, 2.45) is 5.73 Å². The fourth-order valence-electron chi connectivity index (χ4n) is 1.21. The monoisotopic (exact) mass is 203 g/mol. The van der Waals surface area contributed by atoms with Crippen LogP contribution in [-0.4, -0.2) is 11.7 Å². The summed E-state index contributed by atoms with van der Waals surface area (Å²) < 4.78 is 13.0. The number of aliphatic hydroxyl groups is 1. The van der Waals surface area contributed by atoms with Crippen molar-refractivity contribution in [1.82, 2.24) is 0 Å². The highest BCUT2D eigenvalue weighted by Gasteiger charge is 2.14. The largest absolute Gasteiger partial charge is 0.394 e. The summed E-state index contributed by atoms with van der Waals surface area (Å²) in [6.45, 7) is 1.53. The third-order valence-corrected chi connectivity index (χ3v) is 2.30. The van der Waals surface area contributed by atoms with Crippen LogP contribution in [0.15, 0.2) is 12.1 Å². The van der Waals surface area contributed by atoms with E-state index in [1.165, 1.54) is 6.07 Å². The normalized spacial score (nSPS) is 13.0. The van der Waals surface area contributed by atoms with Crippen molar-refractivity contribution in [1.29, 1.82) is 0 Å². The van der Waals surface area contributed by atoms with Crippen molar-refractivity contribution in [2.45, 2.75) is 13.0 Å². The number of rotatable bonds is 2. The van der Waals surface area contributed by atoms with Gasteiger partial charge in [0.05, 0.1) is 17.7 Å². The van der Waals surface area contributed by atoms with E-state index in [2.05, 4.69) is 0 Å². The molecule has 0 radical (unpaired) electrons. The van der Waals surface area contributed by atoms with Crippen LogP contribution < -0.4 is 5.73 Å². The van der Waals surface area contributed by atoms with Crippen LogP contribution in [0.25, 0.3) is 0 Å². The van der Waals surface area contributed by atoms with Crippen LogP contribution in [0.5, 0.6) is 0 Å². The number of hydrogen-bond acceptors (Lipinski definition) is 2. The second-order valence-corrected chi connectivity index (χ2v) is 3.26. The van der Waals surface area contributed by atoms with Gasteiger partial charge < -0.3 is 10.8 Å². The molecule has 0 bridgehead atoms. The van der Waals surface area contributed by atoms with Gasteiger partial charge in [0.25, 0.3) is 0 Å². The molecular weight excluding hydrogens is 193 g/mol. The van der Waals surface area contributed by atoms with Crippen molar-refractivity contribution >= 4 is 11.6 Å².